The van der Waals surface area contributed by atoms with Crippen molar-refractivity contribution < 1.29 is 4.79 Å². The lowest BCUT2D eigenvalue weighted by Crippen LogP contribution is -2.21. The Balaban J connectivity index is 2.45. The summed E-state index contributed by atoms with van der Waals surface area (Å²) in [6, 6.07) is 15.7. The van der Waals surface area contributed by atoms with Gasteiger partial charge in [-0.1, -0.05) is 46.3 Å². The van der Waals surface area contributed by atoms with Crippen LogP contribution in [0.15, 0.2) is 53.0 Å². The van der Waals surface area contributed by atoms with Crippen LogP contribution in [-0.2, 0) is 0 Å². The molecular formula is C15H14BrNO. The van der Waals surface area contributed by atoms with Crippen molar-refractivity contribution >= 4 is 21.8 Å². The van der Waals surface area contributed by atoms with E-state index < -0.39 is 0 Å². The largest absolute Gasteiger partial charge is 0.345 e. The minimum Gasteiger partial charge on any atom is -0.345 e. The van der Waals surface area contributed by atoms with Crippen LogP contribution < -0.4 is 0 Å². The van der Waals surface area contributed by atoms with Crippen LogP contribution in [0.5, 0.6) is 0 Å². The van der Waals surface area contributed by atoms with Crippen LogP contribution in [0.3, 0.4) is 0 Å². The Labute approximate surface area is 115 Å². The zero-order chi connectivity index (χ0) is 13.1. The fourth-order valence-corrected chi connectivity index (χ4v) is 2.29. The molecule has 2 aromatic rings. The fraction of sp³-hybridized carbons (Fsp3) is 0.133. The molecule has 0 unspecified atom stereocenters. The van der Waals surface area contributed by atoms with Gasteiger partial charge in [0.05, 0.1) is 0 Å². The highest BCUT2D eigenvalue weighted by Crippen LogP contribution is 2.28. The predicted molar refractivity (Wildman–Crippen MR) is 77.6 cm³/mol. The van der Waals surface area contributed by atoms with E-state index in [4.69, 9.17) is 0 Å². The molecule has 0 N–H and O–H groups in total. The average Bonchev–Trinajstić information content (AvgIpc) is 2.38. The molecule has 0 spiro atoms. The lowest BCUT2D eigenvalue weighted by molar-refractivity contribution is 0.0827. The first-order chi connectivity index (χ1) is 8.59. The molecule has 2 nitrogen and oxygen atoms in total. The van der Waals surface area contributed by atoms with Gasteiger partial charge in [-0.3, -0.25) is 4.79 Å². The van der Waals surface area contributed by atoms with Crippen LogP contribution >= 0.6 is 15.9 Å². The van der Waals surface area contributed by atoms with Gasteiger partial charge in [-0.2, -0.15) is 0 Å². The van der Waals surface area contributed by atoms with Crippen molar-refractivity contribution in [2.45, 2.75) is 0 Å². The van der Waals surface area contributed by atoms with Gasteiger partial charge < -0.3 is 4.90 Å². The third kappa shape index (κ3) is 2.62. The fourth-order valence-electron chi connectivity index (χ4n) is 1.77. The van der Waals surface area contributed by atoms with E-state index in [1.54, 1.807) is 19.0 Å². The molecular weight excluding hydrogens is 290 g/mol. The van der Waals surface area contributed by atoms with E-state index in [0.29, 0.717) is 5.56 Å². The summed E-state index contributed by atoms with van der Waals surface area (Å²) in [4.78, 5) is 13.5. The molecule has 0 fully saturated rings. The Morgan fingerprint density at radius 2 is 1.78 bits per heavy atom. The Kier molecular flexibility index (Phi) is 3.82. The summed E-state index contributed by atoms with van der Waals surface area (Å²) in [5, 5.41) is 0. The smallest absolute Gasteiger partial charge is 0.253 e. The minimum atomic E-state index is 0.0175. The van der Waals surface area contributed by atoms with Crippen LogP contribution in [0.4, 0.5) is 0 Å². The Hall–Kier alpha value is -1.61. The van der Waals surface area contributed by atoms with E-state index in [-0.39, 0.29) is 5.91 Å². The number of carbonyl (C=O) groups excluding carboxylic acids is 1. The summed E-state index contributed by atoms with van der Waals surface area (Å²) in [6.07, 6.45) is 0. The molecule has 0 saturated heterocycles. The van der Waals surface area contributed by atoms with E-state index >= 15 is 0 Å². The van der Waals surface area contributed by atoms with Gasteiger partial charge >= 0.3 is 0 Å². The van der Waals surface area contributed by atoms with Crippen LogP contribution in [0.1, 0.15) is 10.4 Å². The van der Waals surface area contributed by atoms with Crippen LogP contribution in [0.25, 0.3) is 11.1 Å². The monoisotopic (exact) mass is 303 g/mol. The standard InChI is InChI=1S/C15H14BrNO/c1-17(2)15(18)12-7-5-6-11(10-12)13-8-3-4-9-14(13)16/h3-10H,1-2H3. The number of hydrogen-bond acceptors (Lipinski definition) is 1. The second kappa shape index (κ2) is 5.36. The normalized spacial score (nSPS) is 10.2. The lowest BCUT2D eigenvalue weighted by Gasteiger charge is -2.11. The van der Waals surface area contributed by atoms with Gasteiger partial charge in [0.15, 0.2) is 0 Å². The summed E-state index contributed by atoms with van der Waals surface area (Å²) < 4.78 is 1.03. The Bertz CT molecular complexity index is 578. The van der Waals surface area contributed by atoms with Crippen molar-refractivity contribution in [1.29, 1.82) is 0 Å². The molecule has 18 heavy (non-hydrogen) atoms. The number of rotatable bonds is 2. The molecule has 2 rings (SSSR count). The molecule has 0 aromatic heterocycles. The third-order valence-corrected chi connectivity index (χ3v) is 3.39. The SMILES string of the molecule is CN(C)C(=O)c1cccc(-c2ccccc2Br)c1. The highest BCUT2D eigenvalue weighted by Gasteiger charge is 2.09. The average molecular weight is 304 g/mol. The number of hydrogen-bond donors (Lipinski definition) is 0. The van der Waals surface area contributed by atoms with E-state index in [9.17, 15) is 4.79 Å². The first-order valence-corrected chi connectivity index (χ1v) is 6.45. The quantitative estimate of drug-likeness (QED) is 0.826. The van der Waals surface area contributed by atoms with E-state index in [2.05, 4.69) is 15.9 Å². The van der Waals surface area contributed by atoms with E-state index in [0.717, 1.165) is 15.6 Å². The highest BCUT2D eigenvalue weighted by atomic mass is 79.9. The number of halogens is 1. The van der Waals surface area contributed by atoms with E-state index in [1.807, 2.05) is 48.5 Å². The van der Waals surface area contributed by atoms with Gasteiger partial charge in [-0.25, -0.2) is 0 Å². The van der Waals surface area contributed by atoms with Gasteiger partial charge in [-0.05, 0) is 29.3 Å². The second-order valence-corrected chi connectivity index (χ2v) is 5.11. The van der Waals surface area contributed by atoms with Crippen LogP contribution in [0.2, 0.25) is 0 Å². The maximum absolute atomic E-state index is 11.9. The first-order valence-electron chi connectivity index (χ1n) is 5.66. The molecule has 0 aliphatic carbocycles. The van der Waals surface area contributed by atoms with Crippen LogP contribution in [-0.4, -0.2) is 24.9 Å². The summed E-state index contributed by atoms with van der Waals surface area (Å²) >= 11 is 3.53. The highest BCUT2D eigenvalue weighted by molar-refractivity contribution is 9.10. The number of benzene rings is 2. The van der Waals surface area contributed by atoms with Crippen molar-refractivity contribution in [2.24, 2.45) is 0 Å². The number of carbonyl (C=O) groups is 1. The Morgan fingerprint density at radius 3 is 2.44 bits per heavy atom. The molecule has 0 atom stereocenters. The molecule has 0 bridgehead atoms. The molecule has 1 amide bonds. The molecule has 0 radical (unpaired) electrons. The third-order valence-electron chi connectivity index (χ3n) is 2.70. The van der Waals surface area contributed by atoms with Crippen molar-refractivity contribution in [3.63, 3.8) is 0 Å². The zero-order valence-corrected chi connectivity index (χ0v) is 11.9. The van der Waals surface area contributed by atoms with Crippen LogP contribution in [0, 0.1) is 0 Å². The summed E-state index contributed by atoms with van der Waals surface area (Å²) in [5.41, 5.74) is 2.83. The molecule has 92 valence electrons. The summed E-state index contributed by atoms with van der Waals surface area (Å²) in [5.74, 6) is 0.0175. The zero-order valence-electron chi connectivity index (χ0n) is 10.4. The van der Waals surface area contributed by atoms with Gasteiger partial charge in [0, 0.05) is 24.1 Å². The minimum absolute atomic E-state index is 0.0175. The van der Waals surface area contributed by atoms with Crippen molar-refractivity contribution in [3.05, 3.63) is 58.6 Å². The maximum atomic E-state index is 11.9. The van der Waals surface area contributed by atoms with Gasteiger partial charge in [0.2, 0.25) is 0 Å². The topological polar surface area (TPSA) is 20.3 Å². The summed E-state index contributed by atoms with van der Waals surface area (Å²) in [7, 11) is 3.51. The van der Waals surface area contributed by atoms with Gasteiger partial charge in [-0.15, -0.1) is 0 Å². The molecule has 0 saturated carbocycles. The van der Waals surface area contributed by atoms with Crippen molar-refractivity contribution in [2.75, 3.05) is 14.1 Å². The molecule has 0 aliphatic rings. The molecule has 0 aliphatic heterocycles. The van der Waals surface area contributed by atoms with Gasteiger partial charge in [0.1, 0.15) is 0 Å². The second-order valence-electron chi connectivity index (χ2n) is 4.26. The number of amides is 1. The first kappa shape index (κ1) is 12.8. The molecule has 3 heteroatoms. The lowest BCUT2D eigenvalue weighted by atomic mass is 10.0. The molecule has 2 aromatic carbocycles. The predicted octanol–water partition coefficient (Wildman–Crippen LogP) is 3.82. The molecule has 0 heterocycles. The number of nitrogens with zero attached hydrogens (tertiary/aromatic N) is 1. The van der Waals surface area contributed by atoms with Crippen molar-refractivity contribution in [1.82, 2.24) is 4.90 Å². The van der Waals surface area contributed by atoms with Crippen molar-refractivity contribution in [3.8, 4) is 11.1 Å². The maximum Gasteiger partial charge on any atom is 0.253 e. The van der Waals surface area contributed by atoms with E-state index in [1.165, 1.54) is 0 Å². The Morgan fingerprint density at radius 1 is 1.06 bits per heavy atom. The summed E-state index contributed by atoms with van der Waals surface area (Å²) in [6.45, 7) is 0. The van der Waals surface area contributed by atoms with Gasteiger partial charge in [0.25, 0.3) is 5.91 Å².